The van der Waals surface area contributed by atoms with Crippen molar-refractivity contribution >= 4 is 34.2 Å². The first-order valence-electron chi connectivity index (χ1n) is 12.0. The maximum absolute atomic E-state index is 13.4. The lowest BCUT2D eigenvalue weighted by atomic mass is 10.1. The predicted octanol–water partition coefficient (Wildman–Crippen LogP) is 4.47. The Morgan fingerprint density at radius 2 is 1.97 bits per heavy atom. The minimum atomic E-state index is -0.289. The van der Waals surface area contributed by atoms with Gasteiger partial charge in [0, 0.05) is 29.6 Å². The summed E-state index contributed by atoms with van der Waals surface area (Å²) < 4.78 is 11.3. The van der Waals surface area contributed by atoms with E-state index in [2.05, 4.69) is 22.1 Å². The highest BCUT2D eigenvalue weighted by Crippen LogP contribution is 2.34. The number of carbonyl (C=O) groups is 1. The molecule has 1 atom stereocenters. The van der Waals surface area contributed by atoms with Gasteiger partial charge in [-0.3, -0.25) is 9.69 Å². The molecule has 0 aliphatic carbocycles. The highest BCUT2D eigenvalue weighted by molar-refractivity contribution is 6.33. The van der Waals surface area contributed by atoms with Crippen molar-refractivity contribution in [1.82, 2.24) is 14.8 Å². The van der Waals surface area contributed by atoms with E-state index in [9.17, 15) is 9.59 Å². The van der Waals surface area contributed by atoms with Gasteiger partial charge in [0.25, 0.3) is 5.56 Å². The van der Waals surface area contributed by atoms with E-state index < -0.39 is 0 Å². The molecule has 184 valence electrons. The summed E-state index contributed by atoms with van der Waals surface area (Å²) in [5.74, 6) is 1.27. The molecule has 0 unspecified atom stereocenters. The minimum absolute atomic E-state index is 0.171. The largest absolute Gasteiger partial charge is 0.486 e. The Labute approximate surface area is 208 Å². The molecule has 1 fully saturated rings. The quantitative estimate of drug-likeness (QED) is 0.525. The summed E-state index contributed by atoms with van der Waals surface area (Å²) in [6.45, 7) is 5.73. The second-order valence-electron chi connectivity index (χ2n) is 8.92. The molecule has 0 saturated carbocycles. The number of aromatic nitrogens is 1. The Hall–Kier alpha value is -3.23. The maximum Gasteiger partial charge on any atom is 0.322 e. The molecular weight excluding hydrogens is 468 g/mol. The van der Waals surface area contributed by atoms with Gasteiger partial charge in [-0.25, -0.2) is 4.79 Å². The third kappa shape index (κ3) is 5.09. The van der Waals surface area contributed by atoms with Crippen molar-refractivity contribution in [3.63, 3.8) is 0 Å². The van der Waals surface area contributed by atoms with Crippen LogP contribution in [-0.2, 0) is 6.54 Å². The van der Waals surface area contributed by atoms with Crippen LogP contribution in [0.4, 0.5) is 10.5 Å². The van der Waals surface area contributed by atoms with Gasteiger partial charge in [0.1, 0.15) is 13.2 Å². The second-order valence-corrected chi connectivity index (χ2v) is 9.33. The topological polar surface area (TPSA) is 86.9 Å². The molecule has 3 heterocycles. The van der Waals surface area contributed by atoms with E-state index in [0.717, 1.165) is 31.3 Å². The molecule has 0 bridgehead atoms. The molecule has 2 aliphatic rings. The van der Waals surface area contributed by atoms with Gasteiger partial charge < -0.3 is 24.7 Å². The molecule has 0 radical (unpaired) electrons. The fourth-order valence-electron chi connectivity index (χ4n) is 4.86. The number of aromatic amines is 1. The first-order valence-corrected chi connectivity index (χ1v) is 12.4. The van der Waals surface area contributed by atoms with Gasteiger partial charge in [0.05, 0.1) is 22.8 Å². The Bertz CT molecular complexity index is 1290. The van der Waals surface area contributed by atoms with Crippen LogP contribution >= 0.6 is 11.6 Å². The predicted molar refractivity (Wildman–Crippen MR) is 137 cm³/mol. The highest BCUT2D eigenvalue weighted by Gasteiger charge is 2.28. The Balaban J connectivity index is 1.45. The van der Waals surface area contributed by atoms with Crippen LogP contribution in [0.5, 0.6) is 11.5 Å². The van der Waals surface area contributed by atoms with Gasteiger partial charge in [-0.05, 0) is 50.2 Å². The number of likely N-dealkylation sites (N-methyl/N-ethyl adjacent to an activating group) is 1. The summed E-state index contributed by atoms with van der Waals surface area (Å²) in [7, 11) is 0. The highest BCUT2D eigenvalue weighted by atomic mass is 35.5. The standard InChI is InChI=1S/C26H29ClN4O4/c1-2-30-9-5-6-19(30)16-31(26(33)29-21-8-4-3-7-20(21)27)15-18-12-17-13-23-24(35-11-10-34-23)14-22(17)28-25(18)32/h3-4,7-8,12-14,19H,2,5-6,9-11,15-16H2,1H3,(H,28,32)(H,29,33)/t19-/m1/s1. The average molecular weight is 497 g/mol. The van der Waals surface area contributed by atoms with Gasteiger partial charge >= 0.3 is 6.03 Å². The fraction of sp³-hybridized carbons (Fsp3) is 0.385. The number of nitrogens with one attached hydrogen (secondary N) is 2. The fourth-order valence-corrected chi connectivity index (χ4v) is 5.04. The van der Waals surface area contributed by atoms with Gasteiger partial charge in [-0.2, -0.15) is 0 Å². The molecule has 1 saturated heterocycles. The number of halogens is 1. The van der Waals surface area contributed by atoms with E-state index in [1.807, 2.05) is 24.3 Å². The van der Waals surface area contributed by atoms with E-state index in [4.69, 9.17) is 21.1 Å². The van der Waals surface area contributed by atoms with Crippen molar-refractivity contribution in [2.75, 3.05) is 38.2 Å². The molecule has 2 amide bonds. The molecule has 2 aliphatic heterocycles. The average Bonchev–Trinajstić information content (AvgIpc) is 3.31. The number of H-pyrrole nitrogens is 1. The third-order valence-electron chi connectivity index (χ3n) is 6.68. The van der Waals surface area contributed by atoms with Crippen LogP contribution in [-0.4, -0.2) is 59.7 Å². The number of pyridine rings is 1. The lowest BCUT2D eigenvalue weighted by molar-refractivity contribution is 0.172. The van der Waals surface area contributed by atoms with E-state index >= 15 is 0 Å². The van der Waals surface area contributed by atoms with Crippen molar-refractivity contribution in [3.8, 4) is 11.5 Å². The Morgan fingerprint density at radius 3 is 2.74 bits per heavy atom. The van der Waals surface area contributed by atoms with E-state index in [1.165, 1.54) is 0 Å². The Morgan fingerprint density at radius 1 is 1.20 bits per heavy atom. The monoisotopic (exact) mass is 496 g/mol. The molecular formula is C26H29ClN4O4. The van der Waals surface area contributed by atoms with E-state index in [1.54, 1.807) is 23.1 Å². The molecule has 35 heavy (non-hydrogen) atoms. The lowest BCUT2D eigenvalue weighted by Crippen LogP contribution is -2.45. The summed E-state index contributed by atoms with van der Waals surface area (Å²) >= 11 is 6.28. The van der Waals surface area contributed by atoms with Crippen LogP contribution in [0.1, 0.15) is 25.3 Å². The van der Waals surface area contributed by atoms with Crippen molar-refractivity contribution in [2.24, 2.45) is 0 Å². The number of carbonyl (C=O) groups excluding carboxylic acids is 1. The smallest absolute Gasteiger partial charge is 0.322 e. The normalized spacial score (nSPS) is 17.5. The van der Waals surface area contributed by atoms with Crippen LogP contribution < -0.4 is 20.3 Å². The zero-order chi connectivity index (χ0) is 24.4. The SMILES string of the molecule is CCN1CCC[C@@H]1CN(Cc1cc2cc3c(cc2[nH]c1=O)OCCO3)C(=O)Nc1ccccc1Cl. The van der Waals surface area contributed by atoms with Crippen LogP contribution in [0.3, 0.4) is 0 Å². The van der Waals surface area contributed by atoms with Crippen molar-refractivity contribution in [2.45, 2.75) is 32.4 Å². The number of anilines is 1. The number of hydrogen-bond donors (Lipinski definition) is 2. The summed E-state index contributed by atoms with van der Waals surface area (Å²) in [5, 5.41) is 4.21. The summed E-state index contributed by atoms with van der Waals surface area (Å²) in [5.41, 5.74) is 1.48. The zero-order valence-corrected chi connectivity index (χ0v) is 20.4. The second kappa shape index (κ2) is 10.2. The number of amides is 2. The first-order chi connectivity index (χ1) is 17.0. The van der Waals surface area contributed by atoms with Crippen molar-refractivity contribution < 1.29 is 14.3 Å². The number of fused-ring (bicyclic) bond motifs is 2. The molecule has 1 aromatic heterocycles. The van der Waals surface area contributed by atoms with Gasteiger partial charge in [0.15, 0.2) is 11.5 Å². The number of hydrogen-bond acceptors (Lipinski definition) is 5. The molecule has 3 aromatic rings. The lowest BCUT2D eigenvalue weighted by Gasteiger charge is -2.30. The molecule has 0 spiro atoms. The van der Waals surface area contributed by atoms with Gasteiger partial charge in [0.2, 0.25) is 0 Å². The molecule has 9 heteroatoms. The van der Waals surface area contributed by atoms with Gasteiger partial charge in [-0.1, -0.05) is 30.7 Å². The number of nitrogens with zero attached hydrogens (tertiary/aromatic N) is 2. The number of urea groups is 1. The van der Waals surface area contributed by atoms with Crippen LogP contribution in [0.15, 0.2) is 47.3 Å². The van der Waals surface area contributed by atoms with Crippen LogP contribution in [0.25, 0.3) is 10.9 Å². The summed E-state index contributed by atoms with van der Waals surface area (Å²) in [6.07, 6.45) is 2.11. The van der Waals surface area contributed by atoms with Gasteiger partial charge in [-0.15, -0.1) is 0 Å². The number of benzene rings is 2. The third-order valence-corrected chi connectivity index (χ3v) is 7.01. The maximum atomic E-state index is 13.4. The zero-order valence-electron chi connectivity index (χ0n) is 19.7. The molecule has 2 N–H and O–H groups in total. The number of para-hydroxylation sites is 1. The number of likely N-dealkylation sites (tertiary alicyclic amines) is 1. The van der Waals surface area contributed by atoms with E-state index in [-0.39, 0.29) is 24.2 Å². The number of rotatable bonds is 6. The van der Waals surface area contributed by atoms with Crippen LogP contribution in [0, 0.1) is 0 Å². The minimum Gasteiger partial charge on any atom is -0.486 e. The number of ether oxygens (including phenoxy) is 2. The van der Waals surface area contributed by atoms with Crippen molar-refractivity contribution in [1.29, 1.82) is 0 Å². The Kier molecular flexibility index (Phi) is 6.83. The van der Waals surface area contributed by atoms with Crippen LogP contribution in [0.2, 0.25) is 5.02 Å². The first kappa shape index (κ1) is 23.5. The van der Waals surface area contributed by atoms with Crippen molar-refractivity contribution in [3.05, 3.63) is 63.4 Å². The summed E-state index contributed by atoms with van der Waals surface area (Å²) in [6, 6.07) is 12.6. The summed E-state index contributed by atoms with van der Waals surface area (Å²) in [4.78, 5) is 33.4. The molecule has 5 rings (SSSR count). The molecule has 2 aromatic carbocycles. The molecule has 8 nitrogen and oxygen atoms in total. The van der Waals surface area contributed by atoms with E-state index in [0.29, 0.717) is 53.0 Å².